The Morgan fingerprint density at radius 1 is 1.10 bits per heavy atom. The average molecular weight is 283 g/mol. The standard InChI is InChI=1S/C18H25N3/c1-17(2)16(18(17,3)4)15(19-5)13-11-20-21(12-13)14-9-7-6-8-10-14/h6-12,15-16,19H,1-5H3. The van der Waals surface area contributed by atoms with Crippen molar-refractivity contribution in [1.29, 1.82) is 0 Å². The molecule has 1 aromatic heterocycles. The summed E-state index contributed by atoms with van der Waals surface area (Å²) in [7, 11) is 2.05. The highest BCUT2D eigenvalue weighted by Crippen LogP contribution is 2.72. The third-order valence-electron chi connectivity index (χ3n) is 5.76. The molecule has 3 nitrogen and oxygen atoms in total. The molecule has 112 valence electrons. The zero-order valence-corrected chi connectivity index (χ0v) is 13.6. The van der Waals surface area contributed by atoms with Gasteiger partial charge in [-0.15, -0.1) is 0 Å². The van der Waals surface area contributed by atoms with Crippen LogP contribution in [0, 0.1) is 16.7 Å². The van der Waals surface area contributed by atoms with Crippen molar-refractivity contribution in [3.63, 3.8) is 0 Å². The molecule has 1 saturated carbocycles. The minimum absolute atomic E-state index is 0.354. The van der Waals surface area contributed by atoms with Crippen LogP contribution in [0.3, 0.4) is 0 Å². The molecule has 0 bridgehead atoms. The molecule has 21 heavy (non-hydrogen) atoms. The maximum absolute atomic E-state index is 4.54. The van der Waals surface area contributed by atoms with Crippen LogP contribution in [0.2, 0.25) is 0 Å². The van der Waals surface area contributed by atoms with E-state index < -0.39 is 0 Å². The van der Waals surface area contributed by atoms with E-state index in [0.29, 0.717) is 22.8 Å². The molecule has 1 heterocycles. The third-order valence-corrected chi connectivity index (χ3v) is 5.76. The first kappa shape index (κ1) is 14.3. The van der Waals surface area contributed by atoms with Gasteiger partial charge in [0.2, 0.25) is 0 Å². The van der Waals surface area contributed by atoms with Crippen LogP contribution in [-0.4, -0.2) is 16.8 Å². The Hall–Kier alpha value is -1.61. The average Bonchev–Trinajstić information content (AvgIpc) is 2.85. The first-order valence-corrected chi connectivity index (χ1v) is 7.67. The lowest BCUT2D eigenvalue weighted by Crippen LogP contribution is -2.21. The maximum Gasteiger partial charge on any atom is 0.0645 e. The smallest absolute Gasteiger partial charge is 0.0645 e. The first-order valence-electron chi connectivity index (χ1n) is 7.67. The lowest BCUT2D eigenvalue weighted by atomic mass is 9.99. The van der Waals surface area contributed by atoms with Crippen LogP contribution in [0.1, 0.15) is 39.3 Å². The number of hydrogen-bond donors (Lipinski definition) is 1. The fraction of sp³-hybridized carbons (Fsp3) is 0.500. The Morgan fingerprint density at radius 3 is 2.24 bits per heavy atom. The van der Waals surface area contributed by atoms with Gasteiger partial charge in [-0.2, -0.15) is 5.10 Å². The van der Waals surface area contributed by atoms with Gasteiger partial charge < -0.3 is 5.32 Å². The molecule has 0 aliphatic heterocycles. The van der Waals surface area contributed by atoms with E-state index in [-0.39, 0.29) is 0 Å². The zero-order chi connectivity index (χ0) is 15.3. The summed E-state index contributed by atoms with van der Waals surface area (Å²) in [4.78, 5) is 0. The van der Waals surface area contributed by atoms with Gasteiger partial charge in [0.15, 0.2) is 0 Å². The van der Waals surface area contributed by atoms with E-state index in [0.717, 1.165) is 5.69 Å². The summed E-state index contributed by atoms with van der Waals surface area (Å²) in [6, 6.07) is 10.6. The molecule has 1 aliphatic rings. The van der Waals surface area contributed by atoms with Gasteiger partial charge in [0.05, 0.1) is 11.9 Å². The van der Waals surface area contributed by atoms with Gasteiger partial charge in [-0.1, -0.05) is 45.9 Å². The van der Waals surface area contributed by atoms with Gasteiger partial charge in [0, 0.05) is 17.8 Å². The Morgan fingerprint density at radius 2 is 1.71 bits per heavy atom. The molecule has 1 N–H and O–H groups in total. The SMILES string of the molecule is CNC(c1cnn(-c2ccccc2)c1)C1C(C)(C)C1(C)C. The van der Waals surface area contributed by atoms with E-state index in [4.69, 9.17) is 0 Å². The minimum atomic E-state index is 0.354. The van der Waals surface area contributed by atoms with E-state index in [2.05, 4.69) is 63.5 Å². The second kappa shape index (κ2) is 4.70. The number of benzene rings is 1. The highest BCUT2D eigenvalue weighted by Gasteiger charge is 2.67. The van der Waals surface area contributed by atoms with Crippen molar-refractivity contribution in [2.24, 2.45) is 16.7 Å². The van der Waals surface area contributed by atoms with Crippen molar-refractivity contribution in [3.8, 4) is 5.69 Å². The monoisotopic (exact) mass is 283 g/mol. The second-order valence-corrected chi connectivity index (χ2v) is 7.24. The normalized spacial score (nSPS) is 21.2. The van der Waals surface area contributed by atoms with Crippen LogP contribution in [-0.2, 0) is 0 Å². The van der Waals surface area contributed by atoms with E-state index in [1.54, 1.807) is 0 Å². The van der Waals surface area contributed by atoms with Crippen molar-refractivity contribution in [2.75, 3.05) is 7.05 Å². The maximum atomic E-state index is 4.54. The molecule has 0 radical (unpaired) electrons. The van der Waals surface area contributed by atoms with Gasteiger partial charge >= 0.3 is 0 Å². The molecule has 0 amide bonds. The lowest BCUT2D eigenvalue weighted by molar-refractivity contribution is 0.438. The van der Waals surface area contributed by atoms with Crippen LogP contribution < -0.4 is 5.32 Å². The lowest BCUT2D eigenvalue weighted by Gasteiger charge is -2.16. The van der Waals surface area contributed by atoms with E-state index >= 15 is 0 Å². The van der Waals surface area contributed by atoms with Gasteiger partial charge in [0.1, 0.15) is 0 Å². The Bertz CT molecular complexity index is 611. The Labute approximate surface area is 127 Å². The highest BCUT2D eigenvalue weighted by molar-refractivity contribution is 5.32. The molecule has 1 unspecified atom stereocenters. The molecular formula is C18H25N3. The summed E-state index contributed by atoms with van der Waals surface area (Å²) in [5.74, 6) is 0.628. The molecule has 1 aromatic carbocycles. The number of para-hydroxylation sites is 1. The zero-order valence-electron chi connectivity index (χ0n) is 13.6. The Balaban J connectivity index is 1.89. The first-order chi connectivity index (χ1) is 9.89. The molecule has 3 rings (SSSR count). The summed E-state index contributed by atoms with van der Waals surface area (Å²) in [6.07, 6.45) is 4.15. The molecule has 1 fully saturated rings. The predicted octanol–water partition coefficient (Wildman–Crippen LogP) is 3.82. The van der Waals surface area contributed by atoms with Gasteiger partial charge in [-0.25, -0.2) is 4.68 Å². The van der Waals surface area contributed by atoms with Crippen molar-refractivity contribution in [2.45, 2.75) is 33.7 Å². The van der Waals surface area contributed by atoms with Crippen LogP contribution in [0.25, 0.3) is 5.69 Å². The number of nitrogens with zero attached hydrogens (tertiary/aromatic N) is 2. The summed E-state index contributed by atoms with van der Waals surface area (Å²) in [6.45, 7) is 9.46. The van der Waals surface area contributed by atoms with Crippen molar-refractivity contribution in [1.82, 2.24) is 15.1 Å². The van der Waals surface area contributed by atoms with Crippen LogP contribution in [0.5, 0.6) is 0 Å². The fourth-order valence-corrected chi connectivity index (χ4v) is 3.83. The molecule has 1 aliphatic carbocycles. The van der Waals surface area contributed by atoms with E-state index in [9.17, 15) is 0 Å². The number of aromatic nitrogens is 2. The molecule has 3 heteroatoms. The largest absolute Gasteiger partial charge is 0.313 e. The second-order valence-electron chi connectivity index (χ2n) is 7.24. The molecular weight excluding hydrogens is 258 g/mol. The summed E-state index contributed by atoms with van der Waals surface area (Å²) in [5, 5.41) is 8.04. The van der Waals surface area contributed by atoms with Crippen molar-refractivity contribution >= 4 is 0 Å². The third kappa shape index (κ3) is 2.11. The topological polar surface area (TPSA) is 29.9 Å². The van der Waals surface area contributed by atoms with Crippen molar-refractivity contribution in [3.05, 3.63) is 48.3 Å². The van der Waals surface area contributed by atoms with Crippen LogP contribution in [0.4, 0.5) is 0 Å². The predicted molar refractivity (Wildman–Crippen MR) is 86.4 cm³/mol. The summed E-state index contributed by atoms with van der Waals surface area (Å²) < 4.78 is 1.96. The summed E-state index contributed by atoms with van der Waals surface area (Å²) in [5.41, 5.74) is 3.09. The van der Waals surface area contributed by atoms with Gasteiger partial charge in [-0.05, 0) is 35.9 Å². The Kier molecular flexibility index (Phi) is 3.21. The molecule has 1 atom stereocenters. The fourth-order valence-electron chi connectivity index (χ4n) is 3.83. The molecule has 2 aromatic rings. The van der Waals surface area contributed by atoms with Gasteiger partial charge in [-0.3, -0.25) is 0 Å². The van der Waals surface area contributed by atoms with Crippen molar-refractivity contribution < 1.29 is 0 Å². The number of hydrogen-bond acceptors (Lipinski definition) is 2. The number of rotatable bonds is 4. The minimum Gasteiger partial charge on any atom is -0.313 e. The van der Waals surface area contributed by atoms with Crippen LogP contribution in [0.15, 0.2) is 42.7 Å². The van der Waals surface area contributed by atoms with E-state index in [1.165, 1.54) is 5.56 Å². The quantitative estimate of drug-likeness (QED) is 0.924. The van der Waals surface area contributed by atoms with Crippen LogP contribution >= 0.6 is 0 Å². The molecule has 0 spiro atoms. The van der Waals surface area contributed by atoms with Gasteiger partial charge in [0.25, 0.3) is 0 Å². The number of nitrogens with one attached hydrogen (secondary N) is 1. The molecule has 0 saturated heterocycles. The summed E-state index contributed by atoms with van der Waals surface area (Å²) >= 11 is 0. The van der Waals surface area contributed by atoms with E-state index in [1.807, 2.05) is 29.1 Å². The highest BCUT2D eigenvalue weighted by atomic mass is 15.3.